The quantitative estimate of drug-likeness (QED) is 0.207. The van der Waals surface area contributed by atoms with Crippen LogP contribution in [0.4, 0.5) is 11.4 Å². The van der Waals surface area contributed by atoms with Crippen molar-refractivity contribution in [3.63, 3.8) is 0 Å². The number of H-pyrrole nitrogens is 1. The Bertz CT molecular complexity index is 1980. The molecular formula is C33H24Cl3N3O5S2. The molecule has 13 heteroatoms. The van der Waals surface area contributed by atoms with Gasteiger partial charge in [-0.1, -0.05) is 64.3 Å². The maximum Gasteiger partial charge on any atom is 0.305 e. The van der Waals surface area contributed by atoms with E-state index in [1.807, 2.05) is 24.3 Å². The zero-order chi connectivity index (χ0) is 31.9. The molecule has 7 atom stereocenters. The fourth-order valence-corrected chi connectivity index (χ4v) is 11.4. The Labute approximate surface area is 286 Å². The van der Waals surface area contributed by atoms with Gasteiger partial charge in [0.2, 0.25) is 11.8 Å². The van der Waals surface area contributed by atoms with Crippen molar-refractivity contribution >= 4 is 87.0 Å². The molecule has 2 saturated carbocycles. The predicted molar refractivity (Wildman–Crippen MR) is 179 cm³/mol. The molecule has 0 radical (unpaired) electrons. The number of carbonyl (C=O) groups excluding carboxylic acids is 3. The first-order valence-electron chi connectivity index (χ1n) is 14.7. The van der Waals surface area contributed by atoms with Gasteiger partial charge in [0.25, 0.3) is 5.91 Å². The van der Waals surface area contributed by atoms with Gasteiger partial charge in [0.1, 0.15) is 5.75 Å². The number of fused-ring (bicyclic) bond motifs is 9. The van der Waals surface area contributed by atoms with Crippen LogP contribution in [0.2, 0.25) is 15.1 Å². The lowest BCUT2D eigenvalue weighted by molar-refractivity contribution is -0.123. The van der Waals surface area contributed by atoms with Crippen molar-refractivity contribution in [2.75, 3.05) is 16.8 Å². The first kappa shape index (κ1) is 30.1. The van der Waals surface area contributed by atoms with Crippen molar-refractivity contribution in [1.82, 2.24) is 4.98 Å². The summed E-state index contributed by atoms with van der Waals surface area (Å²) in [6.45, 7) is -0.295. The van der Waals surface area contributed by atoms with Gasteiger partial charge in [-0.15, -0.1) is 11.8 Å². The van der Waals surface area contributed by atoms with Crippen LogP contribution in [0.3, 0.4) is 0 Å². The summed E-state index contributed by atoms with van der Waals surface area (Å²) in [4.78, 5) is 58.5. The van der Waals surface area contributed by atoms with Crippen molar-refractivity contribution in [1.29, 1.82) is 0 Å². The minimum atomic E-state index is -0.445. The fourth-order valence-electron chi connectivity index (χ4n) is 8.00. The van der Waals surface area contributed by atoms with Crippen LogP contribution in [0.15, 0.2) is 76.6 Å². The molecule has 8 rings (SSSR count). The SMILES string of the molecule is O=C(COc1ccc(Cl)cc1[C@@H]1c2sc(=O)[nH]c2S[C@@H]2[C@@H]3C[C@@H]([C@@H]4C(=O)N(c5ccccc5)C(=O)[C@@H]34)[C@H]12)Nc1ccc(Cl)c(Cl)c1. The van der Waals surface area contributed by atoms with Gasteiger partial charge < -0.3 is 15.0 Å². The zero-order valence-electron chi connectivity index (χ0n) is 23.7. The topological polar surface area (TPSA) is 109 Å². The predicted octanol–water partition coefficient (Wildman–Crippen LogP) is 7.09. The second-order valence-corrected chi connectivity index (χ2v) is 15.4. The largest absolute Gasteiger partial charge is 0.483 e. The van der Waals surface area contributed by atoms with Crippen LogP contribution >= 0.6 is 57.9 Å². The molecule has 4 aliphatic rings. The highest BCUT2D eigenvalue weighted by atomic mass is 35.5. The van der Waals surface area contributed by atoms with Gasteiger partial charge in [-0.3, -0.25) is 24.1 Å². The van der Waals surface area contributed by atoms with E-state index in [9.17, 15) is 19.2 Å². The second-order valence-electron chi connectivity index (χ2n) is 12.0. The highest BCUT2D eigenvalue weighted by molar-refractivity contribution is 8.00. The number of aromatic nitrogens is 1. The first-order valence-corrected chi connectivity index (χ1v) is 17.5. The molecule has 2 bridgehead atoms. The van der Waals surface area contributed by atoms with Gasteiger partial charge in [0, 0.05) is 32.3 Å². The summed E-state index contributed by atoms with van der Waals surface area (Å²) >= 11 is 21.4. The number of nitrogens with zero attached hydrogens (tertiary/aromatic N) is 1. The summed E-state index contributed by atoms with van der Waals surface area (Å²) in [6, 6.07) is 19.1. The number of carbonyl (C=O) groups is 3. The number of thioether (sulfide) groups is 1. The van der Waals surface area contributed by atoms with Gasteiger partial charge in [-0.05, 0) is 72.7 Å². The highest BCUT2D eigenvalue weighted by Gasteiger charge is 2.69. The van der Waals surface area contributed by atoms with E-state index in [0.29, 0.717) is 32.2 Å². The third kappa shape index (κ3) is 4.80. The second kappa shape index (κ2) is 11.5. The smallest absolute Gasteiger partial charge is 0.305 e. The summed E-state index contributed by atoms with van der Waals surface area (Å²) in [6.07, 6.45) is 0.746. The number of ether oxygens (including phenoxy) is 1. The molecule has 2 N–H and O–H groups in total. The van der Waals surface area contributed by atoms with E-state index in [4.69, 9.17) is 39.5 Å². The summed E-state index contributed by atoms with van der Waals surface area (Å²) in [5.41, 5.74) is 1.80. The van der Waals surface area contributed by atoms with Crippen molar-refractivity contribution in [2.24, 2.45) is 29.6 Å². The zero-order valence-corrected chi connectivity index (χ0v) is 27.6. The number of halogens is 3. The molecule has 0 spiro atoms. The van der Waals surface area contributed by atoms with Gasteiger partial charge in [0.05, 0.1) is 32.6 Å². The Kier molecular flexibility index (Phi) is 7.49. The molecular weight excluding hydrogens is 689 g/mol. The van der Waals surface area contributed by atoms with Crippen LogP contribution in [0.5, 0.6) is 5.75 Å². The number of para-hydroxylation sites is 1. The number of amides is 3. The molecule has 3 fully saturated rings. The summed E-state index contributed by atoms with van der Waals surface area (Å²) in [5.74, 6) is -1.61. The molecule has 2 aliphatic heterocycles. The normalized spacial score (nSPS) is 27.4. The maximum absolute atomic E-state index is 14.0. The maximum atomic E-state index is 14.0. The minimum Gasteiger partial charge on any atom is -0.483 e. The summed E-state index contributed by atoms with van der Waals surface area (Å²) in [5, 5.41) is 4.69. The van der Waals surface area contributed by atoms with Crippen LogP contribution in [0.1, 0.15) is 22.8 Å². The Hall–Kier alpha value is -3.28. The number of imide groups is 1. The lowest BCUT2D eigenvalue weighted by atomic mass is 9.68. The Morgan fingerprint density at radius 2 is 1.70 bits per heavy atom. The molecule has 3 heterocycles. The monoisotopic (exact) mass is 711 g/mol. The molecule has 234 valence electrons. The van der Waals surface area contributed by atoms with Crippen LogP contribution in [-0.4, -0.2) is 34.6 Å². The van der Waals surface area contributed by atoms with Gasteiger partial charge in [-0.2, -0.15) is 0 Å². The van der Waals surface area contributed by atoms with E-state index in [2.05, 4.69) is 10.3 Å². The van der Waals surface area contributed by atoms with E-state index in [1.165, 1.54) is 4.90 Å². The summed E-state index contributed by atoms with van der Waals surface area (Å²) in [7, 11) is 0. The van der Waals surface area contributed by atoms with Crippen molar-refractivity contribution in [3.05, 3.63) is 102 Å². The molecule has 4 aromatic rings. The van der Waals surface area contributed by atoms with Crippen LogP contribution < -0.4 is 19.8 Å². The molecule has 46 heavy (non-hydrogen) atoms. The Morgan fingerprint density at radius 3 is 2.46 bits per heavy atom. The molecule has 0 unspecified atom stereocenters. The average Bonchev–Trinajstić information content (AvgIpc) is 3.77. The number of aromatic amines is 1. The number of benzene rings is 3. The number of nitrogens with one attached hydrogen (secondary N) is 2. The molecule has 1 aromatic heterocycles. The van der Waals surface area contributed by atoms with E-state index in [-0.39, 0.29) is 52.2 Å². The van der Waals surface area contributed by atoms with Crippen molar-refractivity contribution in [2.45, 2.75) is 22.6 Å². The first-order chi connectivity index (χ1) is 22.2. The number of rotatable bonds is 6. The fraction of sp³-hybridized carbons (Fsp3) is 0.273. The lowest BCUT2D eigenvalue weighted by Gasteiger charge is -2.43. The van der Waals surface area contributed by atoms with Gasteiger partial charge in [0.15, 0.2) is 6.61 Å². The van der Waals surface area contributed by atoms with Crippen LogP contribution in [-0.2, 0) is 14.4 Å². The lowest BCUT2D eigenvalue weighted by Crippen LogP contribution is -2.42. The third-order valence-corrected chi connectivity index (χ3v) is 13.2. The number of hydrogen-bond donors (Lipinski definition) is 2. The molecule has 2 aliphatic carbocycles. The Morgan fingerprint density at radius 1 is 0.935 bits per heavy atom. The van der Waals surface area contributed by atoms with E-state index in [1.54, 1.807) is 54.2 Å². The number of hydrogen-bond acceptors (Lipinski definition) is 7. The van der Waals surface area contributed by atoms with Crippen LogP contribution in [0, 0.1) is 29.6 Å². The Balaban J connectivity index is 1.13. The van der Waals surface area contributed by atoms with Crippen molar-refractivity contribution in [3.8, 4) is 5.75 Å². The highest BCUT2D eigenvalue weighted by Crippen LogP contribution is 2.69. The van der Waals surface area contributed by atoms with E-state index >= 15 is 0 Å². The minimum absolute atomic E-state index is 0.00810. The standard InChI is InChI=1S/C33H24Cl3N3O5S2/c34-14-6-9-22(44-13-23(40)37-15-7-8-20(35)21(36)11-15)17(10-14)24-25-18-12-19(28(25)45-30-29(24)46-33(43)38-30)27-26(18)31(41)39(32(27)42)16-4-2-1-3-5-16/h1-11,18-19,24-28H,12-13H2,(H,37,40)(H,38,43)/t18-,19-,24+,25-,26+,27+,28-/m1/s1. The van der Waals surface area contributed by atoms with Gasteiger partial charge >= 0.3 is 4.87 Å². The number of thiazole rings is 1. The average molecular weight is 713 g/mol. The third-order valence-electron chi connectivity index (χ3n) is 9.61. The molecule has 3 amide bonds. The number of anilines is 2. The molecule has 3 aromatic carbocycles. The summed E-state index contributed by atoms with van der Waals surface area (Å²) < 4.78 is 6.13. The molecule has 8 nitrogen and oxygen atoms in total. The van der Waals surface area contributed by atoms with Crippen LogP contribution in [0.25, 0.3) is 0 Å². The van der Waals surface area contributed by atoms with Crippen molar-refractivity contribution < 1.29 is 19.1 Å². The van der Waals surface area contributed by atoms with Gasteiger partial charge in [-0.25, -0.2) is 0 Å². The van der Waals surface area contributed by atoms with E-state index < -0.39 is 17.7 Å². The molecule has 1 saturated heterocycles. The van der Waals surface area contributed by atoms with E-state index in [0.717, 1.165) is 33.2 Å².